The number of alkyl carbamates (subject to hydrolysis) is 1. The highest BCUT2D eigenvalue weighted by Crippen LogP contribution is 2.19. The van der Waals surface area contributed by atoms with Crippen molar-refractivity contribution in [3.05, 3.63) is 35.9 Å². The molecule has 1 saturated heterocycles. The van der Waals surface area contributed by atoms with Crippen molar-refractivity contribution in [1.82, 2.24) is 9.62 Å². The summed E-state index contributed by atoms with van der Waals surface area (Å²) < 4.78 is 29.7. The van der Waals surface area contributed by atoms with Crippen LogP contribution < -0.4 is 5.32 Å². The lowest BCUT2D eigenvalue weighted by Crippen LogP contribution is -2.51. The van der Waals surface area contributed by atoms with Crippen LogP contribution in [0.2, 0.25) is 0 Å². The SMILES string of the molecule is C[C@@H]1CN(S(C)(=O)=O)CC[C@@H]1NC(=O)OCc1ccccc1. The smallest absolute Gasteiger partial charge is 0.407 e. The highest BCUT2D eigenvalue weighted by molar-refractivity contribution is 7.88. The Labute approximate surface area is 131 Å². The van der Waals surface area contributed by atoms with Crippen LogP contribution in [0, 0.1) is 5.92 Å². The van der Waals surface area contributed by atoms with Crippen molar-refractivity contribution >= 4 is 16.1 Å². The summed E-state index contributed by atoms with van der Waals surface area (Å²) in [5, 5.41) is 2.83. The summed E-state index contributed by atoms with van der Waals surface area (Å²) >= 11 is 0. The number of amides is 1. The zero-order valence-corrected chi connectivity index (χ0v) is 13.7. The summed E-state index contributed by atoms with van der Waals surface area (Å²) in [5.74, 6) is 0.0488. The molecule has 7 heteroatoms. The fourth-order valence-corrected chi connectivity index (χ4v) is 3.48. The van der Waals surface area contributed by atoms with Crippen molar-refractivity contribution in [3.63, 3.8) is 0 Å². The highest BCUT2D eigenvalue weighted by Gasteiger charge is 2.31. The van der Waals surface area contributed by atoms with Crippen LogP contribution in [0.5, 0.6) is 0 Å². The van der Waals surface area contributed by atoms with Gasteiger partial charge in [0.15, 0.2) is 0 Å². The summed E-state index contributed by atoms with van der Waals surface area (Å²) in [6, 6.07) is 9.39. The number of nitrogens with one attached hydrogen (secondary N) is 1. The number of ether oxygens (including phenoxy) is 1. The van der Waals surface area contributed by atoms with Gasteiger partial charge in [-0.3, -0.25) is 0 Å². The van der Waals surface area contributed by atoms with Crippen molar-refractivity contribution in [1.29, 1.82) is 0 Å². The molecule has 2 rings (SSSR count). The number of piperidine rings is 1. The van der Waals surface area contributed by atoms with Gasteiger partial charge in [-0.05, 0) is 17.9 Å². The van der Waals surface area contributed by atoms with E-state index in [0.29, 0.717) is 19.5 Å². The number of carbonyl (C=O) groups is 1. The molecule has 0 spiro atoms. The molecule has 0 saturated carbocycles. The lowest BCUT2D eigenvalue weighted by atomic mass is 9.95. The molecule has 0 bridgehead atoms. The van der Waals surface area contributed by atoms with Gasteiger partial charge in [-0.25, -0.2) is 17.5 Å². The number of carbonyl (C=O) groups excluding carboxylic acids is 1. The maximum Gasteiger partial charge on any atom is 0.407 e. The summed E-state index contributed by atoms with van der Waals surface area (Å²) in [5.41, 5.74) is 0.928. The van der Waals surface area contributed by atoms with Crippen molar-refractivity contribution in [3.8, 4) is 0 Å². The van der Waals surface area contributed by atoms with E-state index in [0.717, 1.165) is 5.56 Å². The number of rotatable bonds is 4. The van der Waals surface area contributed by atoms with Gasteiger partial charge in [0, 0.05) is 19.1 Å². The van der Waals surface area contributed by atoms with E-state index >= 15 is 0 Å². The maximum atomic E-state index is 11.8. The van der Waals surface area contributed by atoms with Crippen LogP contribution >= 0.6 is 0 Å². The largest absolute Gasteiger partial charge is 0.445 e. The molecule has 1 amide bonds. The topological polar surface area (TPSA) is 75.7 Å². The maximum absolute atomic E-state index is 11.8. The number of hydrogen-bond donors (Lipinski definition) is 1. The molecular formula is C15H22N2O4S. The van der Waals surface area contributed by atoms with Crippen molar-refractivity contribution in [2.45, 2.75) is 26.0 Å². The number of nitrogens with zero attached hydrogens (tertiary/aromatic N) is 1. The van der Waals surface area contributed by atoms with Gasteiger partial charge in [-0.1, -0.05) is 37.3 Å². The molecule has 1 aromatic rings. The quantitative estimate of drug-likeness (QED) is 0.911. The third-order valence-electron chi connectivity index (χ3n) is 3.85. The first kappa shape index (κ1) is 16.8. The van der Waals surface area contributed by atoms with E-state index in [9.17, 15) is 13.2 Å². The minimum Gasteiger partial charge on any atom is -0.445 e. The second-order valence-corrected chi connectivity index (χ2v) is 7.68. The van der Waals surface area contributed by atoms with Crippen LogP contribution in [0.25, 0.3) is 0 Å². The Balaban J connectivity index is 1.80. The zero-order valence-electron chi connectivity index (χ0n) is 12.9. The molecule has 1 aromatic carbocycles. The van der Waals surface area contributed by atoms with Gasteiger partial charge in [0.25, 0.3) is 0 Å². The predicted molar refractivity (Wildman–Crippen MR) is 83.7 cm³/mol. The molecule has 1 heterocycles. The van der Waals surface area contributed by atoms with Gasteiger partial charge in [0.1, 0.15) is 6.61 Å². The molecule has 0 radical (unpaired) electrons. The van der Waals surface area contributed by atoms with E-state index in [-0.39, 0.29) is 18.6 Å². The van der Waals surface area contributed by atoms with Crippen molar-refractivity contribution in [2.24, 2.45) is 5.92 Å². The van der Waals surface area contributed by atoms with Crippen LogP contribution in [-0.4, -0.2) is 44.2 Å². The predicted octanol–water partition coefficient (Wildman–Crippen LogP) is 1.58. The Morgan fingerprint density at radius 1 is 1.36 bits per heavy atom. The number of sulfonamides is 1. The lowest BCUT2D eigenvalue weighted by molar-refractivity contribution is 0.124. The van der Waals surface area contributed by atoms with E-state index in [1.165, 1.54) is 10.6 Å². The van der Waals surface area contributed by atoms with Crippen LogP contribution in [0.15, 0.2) is 30.3 Å². The second-order valence-electron chi connectivity index (χ2n) is 5.70. The first-order valence-electron chi connectivity index (χ1n) is 7.28. The first-order chi connectivity index (χ1) is 10.4. The summed E-state index contributed by atoms with van der Waals surface area (Å²) in [6.07, 6.45) is 1.34. The van der Waals surface area contributed by atoms with Crippen molar-refractivity contribution in [2.75, 3.05) is 19.3 Å². The fraction of sp³-hybridized carbons (Fsp3) is 0.533. The molecule has 1 fully saturated rings. The van der Waals surface area contributed by atoms with Crippen LogP contribution in [0.3, 0.4) is 0 Å². The molecule has 6 nitrogen and oxygen atoms in total. The van der Waals surface area contributed by atoms with Gasteiger partial charge in [0.05, 0.1) is 6.26 Å². The van der Waals surface area contributed by atoms with Gasteiger partial charge in [0.2, 0.25) is 10.0 Å². The Bertz CT molecular complexity index is 603. The van der Waals surface area contributed by atoms with Gasteiger partial charge < -0.3 is 10.1 Å². The Kier molecular flexibility index (Phi) is 5.42. The highest BCUT2D eigenvalue weighted by atomic mass is 32.2. The van der Waals surface area contributed by atoms with Crippen molar-refractivity contribution < 1.29 is 17.9 Å². The van der Waals surface area contributed by atoms with Crippen LogP contribution in [0.4, 0.5) is 4.79 Å². The van der Waals surface area contributed by atoms with E-state index in [1.54, 1.807) is 0 Å². The van der Waals surface area contributed by atoms with E-state index in [2.05, 4.69) is 5.32 Å². The molecule has 2 atom stereocenters. The van der Waals surface area contributed by atoms with E-state index in [1.807, 2.05) is 37.3 Å². The fourth-order valence-electron chi connectivity index (χ4n) is 2.54. The molecule has 0 aromatic heterocycles. The first-order valence-corrected chi connectivity index (χ1v) is 9.13. The Morgan fingerprint density at radius 2 is 2.05 bits per heavy atom. The monoisotopic (exact) mass is 326 g/mol. The van der Waals surface area contributed by atoms with Gasteiger partial charge in [-0.2, -0.15) is 0 Å². The lowest BCUT2D eigenvalue weighted by Gasteiger charge is -2.35. The Morgan fingerprint density at radius 3 is 2.64 bits per heavy atom. The van der Waals surface area contributed by atoms with E-state index in [4.69, 9.17) is 4.74 Å². The number of hydrogen-bond acceptors (Lipinski definition) is 4. The molecule has 22 heavy (non-hydrogen) atoms. The second kappa shape index (κ2) is 7.11. The summed E-state index contributed by atoms with van der Waals surface area (Å²) in [4.78, 5) is 11.8. The average Bonchev–Trinajstić information content (AvgIpc) is 2.47. The molecule has 0 unspecified atom stereocenters. The van der Waals surface area contributed by atoms with Crippen LogP contribution in [0.1, 0.15) is 18.9 Å². The average molecular weight is 326 g/mol. The minimum absolute atomic E-state index is 0.0488. The third-order valence-corrected chi connectivity index (χ3v) is 5.12. The van der Waals surface area contributed by atoms with Gasteiger partial charge in [-0.15, -0.1) is 0 Å². The normalized spacial score (nSPS) is 23.0. The summed E-state index contributed by atoms with van der Waals surface area (Å²) in [6.45, 7) is 3.00. The number of benzene rings is 1. The summed E-state index contributed by atoms with van der Waals surface area (Å²) in [7, 11) is -3.17. The standard InChI is InChI=1S/C15H22N2O4S/c1-12-10-17(22(2,19)20)9-8-14(12)16-15(18)21-11-13-6-4-3-5-7-13/h3-7,12,14H,8-11H2,1-2H3,(H,16,18)/t12-,14+/m1/s1. The third kappa shape index (κ3) is 4.71. The Hall–Kier alpha value is -1.60. The molecular weight excluding hydrogens is 304 g/mol. The molecule has 122 valence electrons. The minimum atomic E-state index is -3.17. The molecule has 1 N–H and O–H groups in total. The van der Waals surface area contributed by atoms with Gasteiger partial charge >= 0.3 is 6.09 Å². The van der Waals surface area contributed by atoms with Crippen LogP contribution in [-0.2, 0) is 21.4 Å². The molecule has 1 aliphatic rings. The zero-order chi connectivity index (χ0) is 16.2. The molecule has 1 aliphatic heterocycles. The molecule has 0 aliphatic carbocycles. The van der Waals surface area contributed by atoms with E-state index < -0.39 is 16.1 Å².